The molecule has 3 atom stereocenters. The molecule has 4 nitrogen and oxygen atoms in total. The molecule has 0 radical (unpaired) electrons. The van der Waals surface area contributed by atoms with Gasteiger partial charge < -0.3 is 15.8 Å². The van der Waals surface area contributed by atoms with Crippen molar-refractivity contribution in [2.75, 3.05) is 5.73 Å². The predicted octanol–water partition coefficient (Wildman–Crippen LogP) is 3.85. The maximum absolute atomic E-state index is 12.8. The van der Waals surface area contributed by atoms with Crippen LogP contribution in [-0.2, 0) is 4.79 Å². The molecule has 1 aromatic rings. The van der Waals surface area contributed by atoms with Crippen molar-refractivity contribution in [1.29, 1.82) is 0 Å². The SMILES string of the molecule is CC1(C)CC(NC(=O)C2C3CCCCC32)c2cc(N)ccc2O1.Cl. The summed E-state index contributed by atoms with van der Waals surface area (Å²) >= 11 is 0. The topological polar surface area (TPSA) is 64.4 Å². The Morgan fingerprint density at radius 3 is 2.58 bits per heavy atom. The van der Waals surface area contributed by atoms with Crippen LogP contribution < -0.4 is 15.8 Å². The molecule has 1 heterocycles. The fourth-order valence-electron chi connectivity index (χ4n) is 4.65. The van der Waals surface area contributed by atoms with E-state index in [4.69, 9.17) is 10.5 Å². The van der Waals surface area contributed by atoms with Crippen LogP contribution in [0.25, 0.3) is 0 Å². The Morgan fingerprint density at radius 1 is 1.25 bits per heavy atom. The molecule has 4 rings (SSSR count). The molecule has 2 aliphatic carbocycles. The van der Waals surface area contributed by atoms with Crippen molar-refractivity contribution in [3.63, 3.8) is 0 Å². The molecule has 0 bridgehead atoms. The van der Waals surface area contributed by atoms with Crippen molar-refractivity contribution in [1.82, 2.24) is 5.32 Å². The Labute approximate surface area is 149 Å². The largest absolute Gasteiger partial charge is 0.487 e. The molecule has 1 amide bonds. The van der Waals surface area contributed by atoms with Crippen LogP contribution in [0.15, 0.2) is 18.2 Å². The lowest BCUT2D eigenvalue weighted by molar-refractivity contribution is -0.124. The highest BCUT2D eigenvalue weighted by molar-refractivity contribution is 5.85. The third kappa shape index (κ3) is 3.08. The van der Waals surface area contributed by atoms with E-state index < -0.39 is 0 Å². The minimum atomic E-state index is -0.280. The average molecular weight is 351 g/mol. The first kappa shape index (κ1) is 17.4. The standard InChI is InChI=1S/C19H26N2O2.ClH/c1-19(2)10-15(14-9-11(20)7-8-16(14)23-19)21-18(22)17-12-5-3-4-6-13(12)17;/h7-9,12-13,15,17H,3-6,10,20H2,1-2H3,(H,21,22);1H. The number of benzene rings is 1. The molecule has 0 aromatic heterocycles. The van der Waals surface area contributed by atoms with Crippen molar-refractivity contribution in [2.24, 2.45) is 17.8 Å². The lowest BCUT2D eigenvalue weighted by atomic mass is 9.89. The molecular weight excluding hydrogens is 324 g/mol. The molecule has 3 unspecified atom stereocenters. The number of nitrogen functional groups attached to an aromatic ring is 1. The summed E-state index contributed by atoms with van der Waals surface area (Å²) in [6.45, 7) is 4.14. The lowest BCUT2D eigenvalue weighted by Gasteiger charge is -2.38. The number of hydrogen-bond acceptors (Lipinski definition) is 3. The van der Waals surface area contributed by atoms with Gasteiger partial charge in [0.1, 0.15) is 11.4 Å². The third-order valence-electron chi connectivity index (χ3n) is 5.77. The highest BCUT2D eigenvalue weighted by Crippen LogP contribution is 2.55. The summed E-state index contributed by atoms with van der Waals surface area (Å²) in [4.78, 5) is 12.8. The quantitative estimate of drug-likeness (QED) is 0.796. The Morgan fingerprint density at radius 2 is 1.92 bits per heavy atom. The Kier molecular flexibility index (Phi) is 4.45. The van der Waals surface area contributed by atoms with E-state index in [9.17, 15) is 4.79 Å². The Balaban J connectivity index is 0.00000169. The number of nitrogens with two attached hydrogens (primary N) is 1. The number of rotatable bonds is 2. The van der Waals surface area contributed by atoms with Gasteiger partial charge in [-0.3, -0.25) is 4.79 Å². The summed E-state index contributed by atoms with van der Waals surface area (Å²) in [7, 11) is 0. The second-order valence-corrected chi connectivity index (χ2v) is 8.06. The van der Waals surface area contributed by atoms with Crippen molar-refractivity contribution in [3.8, 4) is 5.75 Å². The van der Waals surface area contributed by atoms with Gasteiger partial charge in [-0.05, 0) is 56.7 Å². The fraction of sp³-hybridized carbons (Fsp3) is 0.632. The molecular formula is C19H27ClN2O2. The summed E-state index contributed by atoms with van der Waals surface area (Å²) in [6.07, 6.45) is 5.80. The smallest absolute Gasteiger partial charge is 0.224 e. The van der Waals surface area contributed by atoms with Gasteiger partial charge in [0.15, 0.2) is 0 Å². The van der Waals surface area contributed by atoms with E-state index in [1.54, 1.807) is 0 Å². The minimum absolute atomic E-state index is 0. The molecule has 0 saturated heterocycles. The first-order valence-corrected chi connectivity index (χ1v) is 8.83. The van der Waals surface area contributed by atoms with Crippen molar-refractivity contribution in [3.05, 3.63) is 23.8 Å². The maximum Gasteiger partial charge on any atom is 0.224 e. The summed E-state index contributed by atoms with van der Waals surface area (Å²) in [5, 5.41) is 3.30. The van der Waals surface area contributed by atoms with E-state index in [2.05, 4.69) is 19.2 Å². The molecule has 2 saturated carbocycles. The number of halogens is 1. The number of anilines is 1. The molecule has 1 aliphatic heterocycles. The van der Waals surface area contributed by atoms with Crippen LogP contribution >= 0.6 is 12.4 Å². The summed E-state index contributed by atoms with van der Waals surface area (Å²) < 4.78 is 6.05. The minimum Gasteiger partial charge on any atom is -0.487 e. The van der Waals surface area contributed by atoms with Gasteiger partial charge in [0.2, 0.25) is 5.91 Å². The van der Waals surface area contributed by atoms with E-state index in [0.29, 0.717) is 17.5 Å². The van der Waals surface area contributed by atoms with E-state index in [1.165, 1.54) is 25.7 Å². The lowest BCUT2D eigenvalue weighted by Crippen LogP contribution is -2.42. The van der Waals surface area contributed by atoms with Crippen molar-refractivity contribution in [2.45, 2.75) is 57.6 Å². The zero-order valence-corrected chi connectivity index (χ0v) is 15.2. The van der Waals surface area contributed by atoms with Crippen LogP contribution in [0.3, 0.4) is 0 Å². The van der Waals surface area contributed by atoms with Gasteiger partial charge >= 0.3 is 0 Å². The van der Waals surface area contributed by atoms with Crippen molar-refractivity contribution >= 4 is 24.0 Å². The molecule has 1 aromatic carbocycles. The van der Waals surface area contributed by atoms with Crippen LogP contribution in [0, 0.1) is 17.8 Å². The fourth-order valence-corrected chi connectivity index (χ4v) is 4.65. The van der Waals surface area contributed by atoms with E-state index in [1.807, 2.05) is 18.2 Å². The van der Waals surface area contributed by atoms with Crippen LogP contribution in [0.4, 0.5) is 5.69 Å². The number of ether oxygens (including phenoxy) is 1. The predicted molar refractivity (Wildman–Crippen MR) is 97.2 cm³/mol. The summed E-state index contributed by atoms with van der Waals surface area (Å²) in [5.41, 5.74) is 7.39. The molecule has 24 heavy (non-hydrogen) atoms. The molecule has 3 aliphatic rings. The zero-order chi connectivity index (χ0) is 16.2. The molecule has 132 valence electrons. The highest BCUT2D eigenvalue weighted by Gasteiger charge is 2.55. The second-order valence-electron chi connectivity index (χ2n) is 8.06. The maximum atomic E-state index is 12.8. The summed E-state index contributed by atoms with van der Waals surface area (Å²) in [6, 6.07) is 5.71. The van der Waals surface area contributed by atoms with Crippen LogP contribution in [-0.4, -0.2) is 11.5 Å². The van der Waals surface area contributed by atoms with Gasteiger partial charge in [-0.2, -0.15) is 0 Å². The molecule has 2 fully saturated rings. The summed E-state index contributed by atoms with van der Waals surface area (Å²) in [5.74, 6) is 2.59. The van der Waals surface area contributed by atoms with Crippen molar-refractivity contribution < 1.29 is 9.53 Å². The first-order valence-electron chi connectivity index (χ1n) is 8.83. The van der Waals surface area contributed by atoms with Gasteiger partial charge in [0.05, 0.1) is 6.04 Å². The van der Waals surface area contributed by atoms with E-state index >= 15 is 0 Å². The Hall–Kier alpha value is -1.42. The number of fused-ring (bicyclic) bond motifs is 2. The monoisotopic (exact) mass is 350 g/mol. The number of carbonyl (C=O) groups is 1. The van der Waals surface area contributed by atoms with E-state index in [0.717, 1.165) is 17.7 Å². The molecule has 0 spiro atoms. The molecule has 3 N–H and O–H groups in total. The van der Waals surface area contributed by atoms with Gasteiger partial charge in [-0.1, -0.05) is 12.8 Å². The van der Waals surface area contributed by atoms with Gasteiger partial charge in [-0.15, -0.1) is 12.4 Å². The first-order chi connectivity index (χ1) is 10.9. The van der Waals surface area contributed by atoms with Gasteiger partial charge in [-0.25, -0.2) is 0 Å². The normalized spacial score (nSPS) is 32.4. The van der Waals surface area contributed by atoms with Crippen LogP contribution in [0.1, 0.15) is 57.6 Å². The zero-order valence-electron chi connectivity index (χ0n) is 14.4. The molecule has 5 heteroatoms. The second kappa shape index (κ2) is 6.14. The van der Waals surface area contributed by atoms with Gasteiger partial charge in [0, 0.05) is 23.6 Å². The Bertz CT molecular complexity index is 634. The van der Waals surface area contributed by atoms with Gasteiger partial charge in [0.25, 0.3) is 0 Å². The number of carbonyl (C=O) groups excluding carboxylic acids is 1. The number of nitrogens with one attached hydrogen (secondary N) is 1. The number of hydrogen-bond donors (Lipinski definition) is 2. The third-order valence-corrected chi connectivity index (χ3v) is 5.77. The average Bonchev–Trinajstić information content (AvgIpc) is 3.21. The highest BCUT2D eigenvalue weighted by atomic mass is 35.5. The van der Waals surface area contributed by atoms with E-state index in [-0.39, 0.29) is 35.9 Å². The number of amides is 1. The van der Waals surface area contributed by atoms with Crippen LogP contribution in [0.2, 0.25) is 0 Å². The van der Waals surface area contributed by atoms with Crippen LogP contribution in [0.5, 0.6) is 5.75 Å².